The lowest BCUT2D eigenvalue weighted by Crippen LogP contribution is -2.48. The Bertz CT molecular complexity index is 468. The molecule has 0 radical (unpaired) electrons. The number of alkyl carbamates (subject to hydrolysis) is 1. The maximum absolute atomic E-state index is 11.9. The number of carbonyl (C=O) groups excluding carboxylic acids is 1. The molecule has 0 bridgehead atoms. The van der Waals surface area contributed by atoms with Gasteiger partial charge in [0.05, 0.1) is 0 Å². The number of amides is 1. The molecule has 2 unspecified atom stereocenters. The first-order chi connectivity index (χ1) is 10.4. The lowest BCUT2D eigenvalue weighted by molar-refractivity contribution is 0.0498. The summed E-state index contributed by atoms with van der Waals surface area (Å²) in [6.07, 6.45) is 3.96. The van der Waals surface area contributed by atoms with E-state index in [1.54, 1.807) is 0 Å². The van der Waals surface area contributed by atoms with Crippen LogP contribution in [0.4, 0.5) is 4.79 Å². The molecule has 0 heterocycles. The van der Waals surface area contributed by atoms with Crippen molar-refractivity contribution in [3.8, 4) is 0 Å². The maximum atomic E-state index is 11.9. The third-order valence-electron chi connectivity index (χ3n) is 3.88. The van der Waals surface area contributed by atoms with Gasteiger partial charge in [-0.3, -0.25) is 0 Å². The van der Waals surface area contributed by atoms with Gasteiger partial charge < -0.3 is 15.4 Å². The van der Waals surface area contributed by atoms with Crippen LogP contribution in [0.3, 0.4) is 0 Å². The highest BCUT2D eigenvalue weighted by Gasteiger charge is 2.29. The van der Waals surface area contributed by atoms with E-state index in [1.807, 2.05) is 26.8 Å². The minimum atomic E-state index is -0.446. The van der Waals surface area contributed by atoms with E-state index in [0.29, 0.717) is 6.04 Å². The fourth-order valence-electron chi connectivity index (χ4n) is 2.88. The zero-order valence-corrected chi connectivity index (χ0v) is 13.9. The molecule has 1 aromatic carbocycles. The van der Waals surface area contributed by atoms with Crippen molar-refractivity contribution in [1.82, 2.24) is 10.6 Å². The van der Waals surface area contributed by atoms with Crippen LogP contribution in [0.25, 0.3) is 0 Å². The second-order valence-corrected chi connectivity index (χ2v) is 6.98. The number of nitrogens with one attached hydrogen (secondary N) is 2. The van der Waals surface area contributed by atoms with Gasteiger partial charge in [0.1, 0.15) is 5.60 Å². The van der Waals surface area contributed by atoms with Crippen molar-refractivity contribution in [1.29, 1.82) is 0 Å². The number of ether oxygens (including phenoxy) is 1. The topological polar surface area (TPSA) is 50.4 Å². The van der Waals surface area contributed by atoms with Gasteiger partial charge in [0.25, 0.3) is 0 Å². The number of hydrogen-bond donors (Lipinski definition) is 2. The van der Waals surface area contributed by atoms with Crippen LogP contribution in [0.15, 0.2) is 30.3 Å². The van der Waals surface area contributed by atoms with Crippen molar-refractivity contribution in [2.24, 2.45) is 0 Å². The average Bonchev–Trinajstić information content (AvgIpc) is 2.85. The van der Waals surface area contributed by atoms with E-state index in [9.17, 15) is 4.79 Å². The highest BCUT2D eigenvalue weighted by Crippen LogP contribution is 2.20. The maximum Gasteiger partial charge on any atom is 0.407 e. The molecule has 1 fully saturated rings. The van der Waals surface area contributed by atoms with Gasteiger partial charge in [0, 0.05) is 12.1 Å². The van der Waals surface area contributed by atoms with Crippen LogP contribution in [0.1, 0.15) is 45.6 Å². The van der Waals surface area contributed by atoms with Crippen molar-refractivity contribution in [3.63, 3.8) is 0 Å². The van der Waals surface area contributed by atoms with E-state index in [0.717, 1.165) is 32.2 Å². The first kappa shape index (κ1) is 16.8. The predicted molar refractivity (Wildman–Crippen MR) is 88.9 cm³/mol. The van der Waals surface area contributed by atoms with E-state index in [4.69, 9.17) is 4.74 Å². The third kappa shape index (κ3) is 5.68. The molecule has 2 N–H and O–H groups in total. The lowest BCUT2D eigenvalue weighted by Gasteiger charge is -2.25. The molecule has 0 aromatic heterocycles. The Morgan fingerprint density at radius 3 is 2.55 bits per heavy atom. The van der Waals surface area contributed by atoms with Crippen molar-refractivity contribution >= 4 is 6.09 Å². The Labute approximate surface area is 133 Å². The van der Waals surface area contributed by atoms with Gasteiger partial charge in [-0.15, -0.1) is 0 Å². The molecule has 1 aliphatic carbocycles. The van der Waals surface area contributed by atoms with E-state index in [-0.39, 0.29) is 12.1 Å². The summed E-state index contributed by atoms with van der Waals surface area (Å²) in [6.45, 7) is 6.59. The van der Waals surface area contributed by atoms with Crippen LogP contribution < -0.4 is 10.6 Å². The molecule has 0 spiro atoms. The quantitative estimate of drug-likeness (QED) is 0.878. The first-order valence-electron chi connectivity index (χ1n) is 8.21. The smallest absolute Gasteiger partial charge is 0.407 e. The van der Waals surface area contributed by atoms with E-state index >= 15 is 0 Å². The molecule has 2 rings (SSSR count). The van der Waals surface area contributed by atoms with Crippen molar-refractivity contribution in [2.75, 3.05) is 6.54 Å². The molecule has 1 aliphatic rings. The number of benzene rings is 1. The normalized spacial score (nSPS) is 21.6. The van der Waals surface area contributed by atoms with Gasteiger partial charge in [0.15, 0.2) is 0 Å². The van der Waals surface area contributed by atoms with Crippen LogP contribution >= 0.6 is 0 Å². The summed E-state index contributed by atoms with van der Waals surface area (Å²) in [5.74, 6) is 0. The monoisotopic (exact) mass is 304 g/mol. The van der Waals surface area contributed by atoms with E-state index in [2.05, 4.69) is 34.9 Å². The molecule has 4 heteroatoms. The molecular formula is C18H28N2O2. The molecular weight excluding hydrogens is 276 g/mol. The summed E-state index contributed by atoms with van der Waals surface area (Å²) in [4.78, 5) is 11.9. The summed E-state index contributed by atoms with van der Waals surface area (Å²) < 4.78 is 5.34. The third-order valence-corrected chi connectivity index (χ3v) is 3.88. The second kappa shape index (κ2) is 7.63. The summed E-state index contributed by atoms with van der Waals surface area (Å²) in [6, 6.07) is 11.0. The lowest BCUT2D eigenvalue weighted by atomic mass is 10.1. The van der Waals surface area contributed by atoms with Gasteiger partial charge in [-0.2, -0.15) is 0 Å². The SMILES string of the molecule is CC(C)(C)OC(=O)NC1CCCC1NCCc1ccccc1. The van der Waals surface area contributed by atoms with E-state index < -0.39 is 5.60 Å². The molecule has 1 amide bonds. The molecule has 1 saturated carbocycles. The minimum absolute atomic E-state index is 0.172. The van der Waals surface area contributed by atoms with Crippen LogP contribution in [-0.4, -0.2) is 30.3 Å². The molecule has 2 atom stereocenters. The molecule has 4 nitrogen and oxygen atoms in total. The molecule has 22 heavy (non-hydrogen) atoms. The highest BCUT2D eigenvalue weighted by atomic mass is 16.6. The van der Waals surface area contributed by atoms with Gasteiger partial charge in [-0.05, 0) is 58.6 Å². The fourth-order valence-corrected chi connectivity index (χ4v) is 2.88. The first-order valence-corrected chi connectivity index (χ1v) is 8.21. The van der Waals surface area contributed by atoms with Crippen molar-refractivity contribution < 1.29 is 9.53 Å². The summed E-state index contributed by atoms with van der Waals surface area (Å²) >= 11 is 0. The summed E-state index contributed by atoms with van der Waals surface area (Å²) in [5.41, 5.74) is 0.892. The predicted octanol–water partition coefficient (Wildman–Crippen LogP) is 3.26. The van der Waals surface area contributed by atoms with Crippen molar-refractivity contribution in [2.45, 2.75) is 64.1 Å². The number of rotatable bonds is 5. The Balaban J connectivity index is 1.75. The van der Waals surface area contributed by atoms with Crippen molar-refractivity contribution in [3.05, 3.63) is 35.9 Å². The van der Waals surface area contributed by atoms with Crippen LogP contribution in [-0.2, 0) is 11.2 Å². The Morgan fingerprint density at radius 1 is 1.18 bits per heavy atom. The van der Waals surface area contributed by atoms with Gasteiger partial charge in [-0.25, -0.2) is 4.79 Å². The Morgan fingerprint density at radius 2 is 1.86 bits per heavy atom. The van der Waals surface area contributed by atoms with Crippen LogP contribution in [0.5, 0.6) is 0 Å². The largest absolute Gasteiger partial charge is 0.444 e. The molecule has 122 valence electrons. The fraction of sp³-hybridized carbons (Fsp3) is 0.611. The molecule has 0 aliphatic heterocycles. The average molecular weight is 304 g/mol. The van der Waals surface area contributed by atoms with Gasteiger partial charge in [-0.1, -0.05) is 30.3 Å². The van der Waals surface area contributed by atoms with Gasteiger partial charge >= 0.3 is 6.09 Å². The van der Waals surface area contributed by atoms with E-state index in [1.165, 1.54) is 5.56 Å². The number of hydrogen-bond acceptors (Lipinski definition) is 3. The molecule has 1 aromatic rings. The number of carbonyl (C=O) groups is 1. The summed E-state index contributed by atoms with van der Waals surface area (Å²) in [5, 5.41) is 6.59. The summed E-state index contributed by atoms with van der Waals surface area (Å²) in [7, 11) is 0. The Kier molecular flexibility index (Phi) is 5.83. The Hall–Kier alpha value is -1.55. The minimum Gasteiger partial charge on any atom is -0.444 e. The zero-order chi connectivity index (χ0) is 16.0. The highest BCUT2D eigenvalue weighted by molar-refractivity contribution is 5.68. The standard InChI is InChI=1S/C18H28N2O2/c1-18(2,3)22-17(21)20-16-11-7-10-15(16)19-13-12-14-8-5-4-6-9-14/h4-6,8-9,15-16,19H,7,10-13H2,1-3H3,(H,20,21). The van der Waals surface area contributed by atoms with Crippen LogP contribution in [0.2, 0.25) is 0 Å². The van der Waals surface area contributed by atoms with Gasteiger partial charge in [0.2, 0.25) is 0 Å². The molecule has 0 saturated heterocycles. The zero-order valence-electron chi connectivity index (χ0n) is 13.9. The van der Waals surface area contributed by atoms with Crippen LogP contribution in [0, 0.1) is 0 Å². The second-order valence-electron chi connectivity index (χ2n) is 6.98.